The zero-order valence-electron chi connectivity index (χ0n) is 11.5. The maximum absolute atomic E-state index is 12.2. The third-order valence-corrected chi connectivity index (χ3v) is 4.29. The first-order valence-corrected chi connectivity index (χ1v) is 7.09. The van der Waals surface area contributed by atoms with Crippen LogP contribution >= 0.6 is 0 Å². The highest BCUT2D eigenvalue weighted by Gasteiger charge is 2.44. The minimum atomic E-state index is 0.198. The van der Waals surface area contributed by atoms with E-state index in [1.54, 1.807) is 0 Å². The molecular formula is C17H19NO. The van der Waals surface area contributed by atoms with Gasteiger partial charge in [0.15, 0.2) is 0 Å². The van der Waals surface area contributed by atoms with Crippen molar-refractivity contribution in [1.82, 2.24) is 4.98 Å². The smallest absolute Gasteiger partial charge is 0.139 e. The Morgan fingerprint density at radius 3 is 3.00 bits per heavy atom. The summed E-state index contributed by atoms with van der Waals surface area (Å²) in [5.41, 5.74) is 2.25. The molecule has 3 unspecified atom stereocenters. The van der Waals surface area contributed by atoms with Crippen molar-refractivity contribution in [2.45, 2.75) is 32.6 Å². The number of hydrogen-bond donors (Lipinski definition) is 0. The molecular weight excluding hydrogens is 234 g/mol. The van der Waals surface area contributed by atoms with Gasteiger partial charge in [0.25, 0.3) is 0 Å². The van der Waals surface area contributed by atoms with E-state index < -0.39 is 0 Å². The molecule has 0 radical (unpaired) electrons. The highest BCUT2D eigenvalue weighted by atomic mass is 16.1. The van der Waals surface area contributed by atoms with Crippen molar-refractivity contribution in [1.29, 1.82) is 0 Å². The number of benzene rings is 1. The number of fused-ring (bicyclic) bond motifs is 1. The molecule has 1 aliphatic carbocycles. The van der Waals surface area contributed by atoms with Crippen molar-refractivity contribution in [2.24, 2.45) is 11.8 Å². The van der Waals surface area contributed by atoms with E-state index in [1.807, 2.05) is 31.3 Å². The molecule has 0 spiro atoms. The maximum Gasteiger partial charge on any atom is 0.139 e. The number of carbonyl (C=O) groups excluding carboxylic acids is 1. The first-order valence-electron chi connectivity index (χ1n) is 7.09. The average Bonchev–Trinajstić information content (AvgIpc) is 3.25. The Kier molecular flexibility index (Phi) is 3.09. The molecule has 0 amide bonds. The van der Waals surface area contributed by atoms with Crippen LogP contribution in [0.5, 0.6) is 0 Å². The monoisotopic (exact) mass is 253 g/mol. The standard InChI is InChI=1S/C17H19NO/c1-3-11(2)17(19)15-9-14(15)13-8-12-6-4-5-7-16(12)18-10-13/h4-8,10-11,14-15H,3,9H2,1-2H3. The summed E-state index contributed by atoms with van der Waals surface area (Å²) in [6, 6.07) is 10.3. The van der Waals surface area contributed by atoms with Crippen LogP contribution in [0.3, 0.4) is 0 Å². The number of nitrogens with zero attached hydrogens (tertiary/aromatic N) is 1. The van der Waals surface area contributed by atoms with E-state index in [9.17, 15) is 4.79 Å². The number of pyridine rings is 1. The molecule has 0 bridgehead atoms. The van der Waals surface area contributed by atoms with Gasteiger partial charge in [-0.3, -0.25) is 9.78 Å². The van der Waals surface area contributed by atoms with Gasteiger partial charge in [-0.05, 0) is 36.5 Å². The predicted octanol–water partition coefficient (Wildman–Crippen LogP) is 3.95. The zero-order valence-corrected chi connectivity index (χ0v) is 11.5. The van der Waals surface area contributed by atoms with E-state index in [2.05, 4.69) is 24.0 Å². The maximum atomic E-state index is 12.2. The number of Topliss-reactive ketones (excluding diaryl/α,β-unsaturated/α-hetero) is 1. The van der Waals surface area contributed by atoms with Gasteiger partial charge in [-0.2, -0.15) is 0 Å². The molecule has 1 aromatic heterocycles. The summed E-state index contributed by atoms with van der Waals surface area (Å²) >= 11 is 0. The molecule has 1 heterocycles. The molecule has 1 aromatic carbocycles. The lowest BCUT2D eigenvalue weighted by Crippen LogP contribution is -2.12. The lowest BCUT2D eigenvalue weighted by Gasteiger charge is -2.07. The Hall–Kier alpha value is -1.70. The van der Waals surface area contributed by atoms with Gasteiger partial charge in [-0.1, -0.05) is 32.0 Å². The van der Waals surface area contributed by atoms with Crippen LogP contribution in [-0.2, 0) is 4.79 Å². The minimum absolute atomic E-state index is 0.198. The first kappa shape index (κ1) is 12.3. The Balaban J connectivity index is 1.81. The second kappa shape index (κ2) is 4.76. The van der Waals surface area contributed by atoms with Crippen LogP contribution in [0.15, 0.2) is 36.5 Å². The van der Waals surface area contributed by atoms with E-state index in [0.717, 1.165) is 18.4 Å². The minimum Gasteiger partial charge on any atom is -0.299 e. The number of hydrogen-bond acceptors (Lipinski definition) is 2. The molecule has 0 N–H and O–H groups in total. The molecule has 19 heavy (non-hydrogen) atoms. The average molecular weight is 253 g/mol. The number of aromatic nitrogens is 1. The Morgan fingerprint density at radius 1 is 1.42 bits per heavy atom. The predicted molar refractivity (Wildman–Crippen MR) is 77.1 cm³/mol. The van der Waals surface area contributed by atoms with Gasteiger partial charge >= 0.3 is 0 Å². The highest BCUT2D eigenvalue weighted by Crippen LogP contribution is 2.49. The Labute approximate surface area is 113 Å². The second-order valence-electron chi connectivity index (χ2n) is 5.62. The number of rotatable bonds is 4. The molecule has 2 nitrogen and oxygen atoms in total. The van der Waals surface area contributed by atoms with Crippen molar-refractivity contribution < 1.29 is 4.79 Å². The zero-order chi connectivity index (χ0) is 13.4. The number of carbonyl (C=O) groups is 1. The molecule has 3 atom stereocenters. The number of ketones is 1. The van der Waals surface area contributed by atoms with Gasteiger partial charge in [-0.15, -0.1) is 0 Å². The molecule has 3 rings (SSSR count). The van der Waals surface area contributed by atoms with Crippen molar-refractivity contribution in [3.05, 3.63) is 42.1 Å². The lowest BCUT2D eigenvalue weighted by molar-refractivity contribution is -0.123. The van der Waals surface area contributed by atoms with E-state index in [-0.39, 0.29) is 11.8 Å². The lowest BCUT2D eigenvalue weighted by atomic mass is 9.97. The van der Waals surface area contributed by atoms with Crippen LogP contribution in [0.2, 0.25) is 0 Å². The Bertz CT molecular complexity index is 619. The van der Waals surface area contributed by atoms with Crippen LogP contribution in [-0.4, -0.2) is 10.8 Å². The van der Waals surface area contributed by atoms with Crippen LogP contribution < -0.4 is 0 Å². The molecule has 0 aliphatic heterocycles. The second-order valence-corrected chi connectivity index (χ2v) is 5.62. The summed E-state index contributed by atoms with van der Waals surface area (Å²) in [5.74, 6) is 1.26. The first-order chi connectivity index (χ1) is 9.20. The SMILES string of the molecule is CCC(C)C(=O)C1CC1c1cnc2ccccc2c1. The van der Waals surface area contributed by atoms with Gasteiger partial charge in [0.1, 0.15) is 5.78 Å². The van der Waals surface area contributed by atoms with Gasteiger partial charge in [0.05, 0.1) is 5.52 Å². The van der Waals surface area contributed by atoms with E-state index in [0.29, 0.717) is 11.7 Å². The van der Waals surface area contributed by atoms with Crippen molar-refractivity contribution >= 4 is 16.7 Å². The van der Waals surface area contributed by atoms with Crippen molar-refractivity contribution in [3.8, 4) is 0 Å². The largest absolute Gasteiger partial charge is 0.299 e. The van der Waals surface area contributed by atoms with E-state index >= 15 is 0 Å². The van der Waals surface area contributed by atoms with Gasteiger partial charge < -0.3 is 0 Å². The van der Waals surface area contributed by atoms with Crippen LogP contribution in [0.4, 0.5) is 0 Å². The summed E-state index contributed by atoms with van der Waals surface area (Å²) in [6.45, 7) is 4.12. The fraction of sp³-hybridized carbons (Fsp3) is 0.412. The Morgan fingerprint density at radius 2 is 2.21 bits per heavy atom. The molecule has 1 aliphatic rings. The summed E-state index contributed by atoms with van der Waals surface area (Å²) in [7, 11) is 0. The fourth-order valence-corrected chi connectivity index (χ4v) is 2.74. The van der Waals surface area contributed by atoms with E-state index in [4.69, 9.17) is 0 Å². The van der Waals surface area contributed by atoms with Crippen LogP contribution in [0.1, 0.15) is 38.2 Å². The summed E-state index contributed by atoms with van der Waals surface area (Å²) in [5, 5.41) is 1.17. The fourth-order valence-electron chi connectivity index (χ4n) is 2.74. The quantitative estimate of drug-likeness (QED) is 0.825. The summed E-state index contributed by atoms with van der Waals surface area (Å²) in [4.78, 5) is 16.7. The van der Waals surface area contributed by atoms with Gasteiger partial charge in [-0.25, -0.2) is 0 Å². The summed E-state index contributed by atoms with van der Waals surface area (Å²) in [6.07, 6.45) is 3.89. The molecule has 1 fully saturated rings. The normalized spacial score (nSPS) is 23.3. The third kappa shape index (κ3) is 2.27. The van der Waals surface area contributed by atoms with Crippen LogP contribution in [0.25, 0.3) is 10.9 Å². The third-order valence-electron chi connectivity index (χ3n) is 4.29. The molecule has 2 aromatic rings. The molecule has 0 saturated heterocycles. The van der Waals surface area contributed by atoms with Gasteiger partial charge in [0.2, 0.25) is 0 Å². The topological polar surface area (TPSA) is 30.0 Å². The molecule has 98 valence electrons. The van der Waals surface area contributed by atoms with Crippen molar-refractivity contribution in [3.63, 3.8) is 0 Å². The molecule has 2 heteroatoms. The highest BCUT2D eigenvalue weighted by molar-refractivity contribution is 5.87. The number of para-hydroxylation sites is 1. The van der Waals surface area contributed by atoms with Crippen LogP contribution in [0, 0.1) is 11.8 Å². The van der Waals surface area contributed by atoms with E-state index in [1.165, 1.54) is 10.9 Å². The van der Waals surface area contributed by atoms with Gasteiger partial charge in [0, 0.05) is 23.4 Å². The summed E-state index contributed by atoms with van der Waals surface area (Å²) < 4.78 is 0. The molecule has 1 saturated carbocycles. The van der Waals surface area contributed by atoms with Crippen molar-refractivity contribution in [2.75, 3.05) is 0 Å².